The SMILES string of the molecule is CN(C1CCC1)S(=O)(=O)c1ccc(C(=O)O)cc1Br. The Labute approximate surface area is 120 Å². The first kappa shape index (κ1) is 14.5. The fraction of sp³-hybridized carbons (Fsp3) is 0.417. The number of carboxylic acid groups (broad SMARTS) is 1. The number of benzene rings is 1. The van der Waals surface area contributed by atoms with Crippen molar-refractivity contribution in [2.75, 3.05) is 7.05 Å². The summed E-state index contributed by atoms with van der Waals surface area (Å²) in [6, 6.07) is 3.99. The number of sulfonamides is 1. The summed E-state index contributed by atoms with van der Waals surface area (Å²) in [5.41, 5.74) is 0.0529. The third kappa shape index (κ3) is 2.68. The minimum absolute atomic E-state index is 0.0519. The van der Waals surface area contributed by atoms with Crippen LogP contribution in [0.3, 0.4) is 0 Å². The maximum Gasteiger partial charge on any atom is 0.335 e. The van der Waals surface area contributed by atoms with E-state index in [4.69, 9.17) is 5.11 Å². The fourth-order valence-electron chi connectivity index (χ4n) is 1.94. The van der Waals surface area contributed by atoms with E-state index in [1.54, 1.807) is 7.05 Å². The van der Waals surface area contributed by atoms with Crippen molar-refractivity contribution >= 4 is 31.9 Å². The van der Waals surface area contributed by atoms with Gasteiger partial charge in [-0.3, -0.25) is 0 Å². The van der Waals surface area contributed by atoms with Gasteiger partial charge in [-0.15, -0.1) is 0 Å². The quantitative estimate of drug-likeness (QED) is 0.906. The minimum atomic E-state index is -3.58. The number of halogens is 1. The Bertz CT molecular complexity index is 610. The van der Waals surface area contributed by atoms with E-state index in [9.17, 15) is 13.2 Å². The molecule has 104 valence electrons. The van der Waals surface area contributed by atoms with Gasteiger partial charge >= 0.3 is 5.97 Å². The van der Waals surface area contributed by atoms with Crippen LogP contribution in [0.4, 0.5) is 0 Å². The van der Waals surface area contributed by atoms with Crippen LogP contribution in [0, 0.1) is 0 Å². The summed E-state index contributed by atoms with van der Waals surface area (Å²) in [6.45, 7) is 0. The van der Waals surface area contributed by atoms with Crippen LogP contribution in [0.25, 0.3) is 0 Å². The average molecular weight is 348 g/mol. The van der Waals surface area contributed by atoms with Crippen LogP contribution in [0.1, 0.15) is 29.6 Å². The van der Waals surface area contributed by atoms with Crippen molar-refractivity contribution < 1.29 is 18.3 Å². The summed E-state index contributed by atoms with van der Waals surface area (Å²) in [5.74, 6) is -1.09. The van der Waals surface area contributed by atoms with E-state index >= 15 is 0 Å². The number of hydrogen-bond acceptors (Lipinski definition) is 3. The number of nitrogens with zero attached hydrogens (tertiary/aromatic N) is 1. The molecule has 1 aliphatic rings. The zero-order valence-corrected chi connectivity index (χ0v) is 12.7. The van der Waals surface area contributed by atoms with Gasteiger partial charge in [0.1, 0.15) is 0 Å². The van der Waals surface area contributed by atoms with Crippen LogP contribution in [0.2, 0.25) is 0 Å². The molecular formula is C12H14BrNO4S. The first-order chi connectivity index (χ1) is 8.84. The van der Waals surface area contributed by atoms with E-state index in [1.165, 1.54) is 22.5 Å². The third-order valence-electron chi connectivity index (χ3n) is 3.42. The van der Waals surface area contributed by atoms with E-state index in [-0.39, 0.29) is 21.0 Å². The van der Waals surface area contributed by atoms with Gasteiger partial charge in [-0.1, -0.05) is 6.42 Å². The highest BCUT2D eigenvalue weighted by Gasteiger charge is 2.32. The van der Waals surface area contributed by atoms with Crippen molar-refractivity contribution in [1.29, 1.82) is 0 Å². The molecule has 1 saturated carbocycles. The molecule has 0 unspecified atom stereocenters. The van der Waals surface area contributed by atoms with Crippen LogP contribution in [-0.4, -0.2) is 36.9 Å². The zero-order chi connectivity index (χ0) is 14.2. The van der Waals surface area contributed by atoms with E-state index in [0.29, 0.717) is 0 Å². The van der Waals surface area contributed by atoms with Crippen molar-refractivity contribution in [2.24, 2.45) is 0 Å². The molecule has 0 aliphatic heterocycles. The Balaban J connectivity index is 2.37. The molecule has 1 N–H and O–H groups in total. The van der Waals surface area contributed by atoms with Gasteiger partial charge in [-0.25, -0.2) is 13.2 Å². The fourth-order valence-corrected chi connectivity index (χ4v) is 4.40. The normalized spacial score (nSPS) is 16.4. The molecular weight excluding hydrogens is 334 g/mol. The standard InChI is InChI=1S/C12H14BrNO4S/c1-14(9-3-2-4-9)19(17,18)11-6-5-8(12(15)16)7-10(11)13/h5-7,9H,2-4H2,1H3,(H,15,16). The lowest BCUT2D eigenvalue weighted by Crippen LogP contribution is -2.41. The second kappa shape index (κ2) is 5.22. The number of rotatable bonds is 4. The first-order valence-corrected chi connectivity index (χ1v) is 8.08. The predicted octanol–water partition coefficient (Wildman–Crippen LogP) is 2.32. The maximum absolute atomic E-state index is 12.4. The average Bonchev–Trinajstić information content (AvgIpc) is 2.25. The molecule has 0 bridgehead atoms. The van der Waals surface area contributed by atoms with Gasteiger partial charge in [0.25, 0.3) is 0 Å². The smallest absolute Gasteiger partial charge is 0.335 e. The van der Waals surface area contributed by atoms with Crippen molar-refractivity contribution in [3.8, 4) is 0 Å². The Morgan fingerprint density at radius 3 is 2.47 bits per heavy atom. The lowest BCUT2D eigenvalue weighted by molar-refractivity contribution is 0.0696. The highest BCUT2D eigenvalue weighted by molar-refractivity contribution is 9.10. The number of carboxylic acids is 1. The van der Waals surface area contributed by atoms with E-state index in [2.05, 4.69) is 15.9 Å². The molecule has 0 atom stereocenters. The van der Waals surface area contributed by atoms with Gasteiger partial charge in [0.05, 0.1) is 10.5 Å². The molecule has 0 radical (unpaired) electrons. The third-order valence-corrected chi connectivity index (χ3v) is 6.31. The van der Waals surface area contributed by atoms with Crippen LogP contribution >= 0.6 is 15.9 Å². The van der Waals surface area contributed by atoms with Gasteiger partial charge in [0, 0.05) is 17.6 Å². The summed E-state index contributed by atoms with van der Waals surface area (Å²) >= 11 is 3.14. The second-order valence-corrected chi connectivity index (χ2v) is 7.38. The highest BCUT2D eigenvalue weighted by atomic mass is 79.9. The molecule has 0 aromatic heterocycles. The lowest BCUT2D eigenvalue weighted by atomic mass is 9.94. The van der Waals surface area contributed by atoms with Gasteiger partial charge in [0.15, 0.2) is 0 Å². The molecule has 0 saturated heterocycles. The molecule has 7 heteroatoms. The number of carbonyl (C=O) groups is 1. The van der Waals surface area contributed by atoms with E-state index < -0.39 is 16.0 Å². The number of hydrogen-bond donors (Lipinski definition) is 1. The predicted molar refractivity (Wildman–Crippen MR) is 73.7 cm³/mol. The van der Waals surface area contributed by atoms with Crippen LogP contribution in [0.15, 0.2) is 27.6 Å². The summed E-state index contributed by atoms with van der Waals surface area (Å²) in [6.07, 6.45) is 2.80. The topological polar surface area (TPSA) is 74.7 Å². The monoisotopic (exact) mass is 347 g/mol. The molecule has 1 fully saturated rings. The number of aromatic carboxylic acids is 1. The molecule has 0 spiro atoms. The Kier molecular flexibility index (Phi) is 3.98. The van der Waals surface area contributed by atoms with Gasteiger partial charge in [0.2, 0.25) is 10.0 Å². The maximum atomic E-state index is 12.4. The van der Waals surface area contributed by atoms with Gasteiger partial charge in [-0.05, 0) is 47.0 Å². The van der Waals surface area contributed by atoms with E-state index in [0.717, 1.165) is 19.3 Å². The van der Waals surface area contributed by atoms with Crippen molar-refractivity contribution in [3.63, 3.8) is 0 Å². The Morgan fingerprint density at radius 2 is 2.05 bits per heavy atom. The largest absolute Gasteiger partial charge is 0.478 e. The van der Waals surface area contributed by atoms with Crippen LogP contribution < -0.4 is 0 Å². The molecule has 19 heavy (non-hydrogen) atoms. The molecule has 0 amide bonds. The minimum Gasteiger partial charge on any atom is -0.478 e. The summed E-state index contributed by atoms with van der Waals surface area (Å²) < 4.78 is 26.5. The Hall–Kier alpha value is -0.920. The van der Waals surface area contributed by atoms with Crippen LogP contribution in [0.5, 0.6) is 0 Å². The molecule has 0 heterocycles. The van der Waals surface area contributed by atoms with Crippen molar-refractivity contribution in [1.82, 2.24) is 4.31 Å². The van der Waals surface area contributed by atoms with Crippen molar-refractivity contribution in [3.05, 3.63) is 28.2 Å². The summed E-state index contributed by atoms with van der Waals surface area (Å²) in [5, 5.41) is 8.87. The van der Waals surface area contributed by atoms with E-state index in [1.807, 2.05) is 0 Å². The first-order valence-electron chi connectivity index (χ1n) is 5.85. The molecule has 1 aromatic rings. The van der Waals surface area contributed by atoms with Crippen LogP contribution in [-0.2, 0) is 10.0 Å². The second-order valence-electron chi connectivity index (χ2n) is 4.56. The molecule has 1 aliphatic carbocycles. The summed E-state index contributed by atoms with van der Waals surface area (Å²) in [7, 11) is -2.01. The Morgan fingerprint density at radius 1 is 1.42 bits per heavy atom. The molecule has 2 rings (SSSR count). The zero-order valence-electron chi connectivity index (χ0n) is 10.3. The molecule has 5 nitrogen and oxygen atoms in total. The molecule has 1 aromatic carbocycles. The van der Waals surface area contributed by atoms with Gasteiger partial charge in [-0.2, -0.15) is 4.31 Å². The highest BCUT2D eigenvalue weighted by Crippen LogP contribution is 2.31. The summed E-state index contributed by atoms with van der Waals surface area (Å²) in [4.78, 5) is 10.9. The lowest BCUT2D eigenvalue weighted by Gasteiger charge is -2.33. The van der Waals surface area contributed by atoms with Gasteiger partial charge < -0.3 is 5.11 Å². The van der Waals surface area contributed by atoms with Crippen molar-refractivity contribution in [2.45, 2.75) is 30.2 Å².